The molecule has 114 valence electrons. The van der Waals surface area contributed by atoms with Crippen LogP contribution in [0, 0.1) is 11.8 Å². The second kappa shape index (κ2) is 6.58. The zero-order valence-electron chi connectivity index (χ0n) is 11.9. The van der Waals surface area contributed by atoms with Crippen molar-refractivity contribution in [3.8, 4) is 11.8 Å². The van der Waals surface area contributed by atoms with Crippen LogP contribution in [0.2, 0.25) is 0 Å². The molecule has 0 unspecified atom stereocenters. The van der Waals surface area contributed by atoms with E-state index in [0.29, 0.717) is 31.6 Å². The molecule has 5 nitrogen and oxygen atoms in total. The monoisotopic (exact) mass is 309 g/mol. The molecule has 0 amide bonds. The lowest BCUT2D eigenvalue weighted by atomic mass is 9.94. The lowest BCUT2D eigenvalue weighted by Crippen LogP contribution is -2.49. The van der Waals surface area contributed by atoms with Crippen LogP contribution in [0.15, 0.2) is 29.2 Å². The Morgan fingerprint density at radius 2 is 1.90 bits per heavy atom. The molecule has 0 saturated carbocycles. The summed E-state index contributed by atoms with van der Waals surface area (Å²) in [6, 6.07) is 6.30. The first-order chi connectivity index (χ1) is 9.95. The lowest BCUT2D eigenvalue weighted by Gasteiger charge is -2.33. The number of benzene rings is 1. The topological polar surface area (TPSA) is 75.6 Å². The van der Waals surface area contributed by atoms with Gasteiger partial charge in [0.1, 0.15) is 6.61 Å². The third-order valence-corrected chi connectivity index (χ3v) is 5.11. The van der Waals surface area contributed by atoms with Gasteiger partial charge in [0.05, 0.1) is 4.90 Å². The minimum Gasteiger partial charge on any atom is -0.384 e. The molecule has 1 aromatic rings. The van der Waals surface area contributed by atoms with Crippen LogP contribution in [-0.4, -0.2) is 38.9 Å². The second-order valence-corrected chi connectivity index (χ2v) is 6.95. The van der Waals surface area contributed by atoms with Crippen LogP contribution in [0.5, 0.6) is 0 Å². The Morgan fingerprint density at radius 3 is 2.48 bits per heavy atom. The number of aliphatic hydroxyl groups is 1. The van der Waals surface area contributed by atoms with Crippen molar-refractivity contribution in [2.45, 2.75) is 30.2 Å². The Balaban J connectivity index is 2.15. The average molecular weight is 309 g/mol. The molecule has 0 radical (unpaired) electrons. The van der Waals surface area contributed by atoms with Gasteiger partial charge in [-0.3, -0.25) is 0 Å². The van der Waals surface area contributed by atoms with Crippen molar-refractivity contribution in [3.63, 3.8) is 0 Å². The van der Waals surface area contributed by atoms with E-state index >= 15 is 0 Å². The fourth-order valence-electron chi connectivity index (χ4n) is 2.17. The third-order valence-electron chi connectivity index (χ3n) is 3.45. The summed E-state index contributed by atoms with van der Waals surface area (Å²) >= 11 is 0. The van der Waals surface area contributed by atoms with Gasteiger partial charge in [-0.25, -0.2) is 13.1 Å². The average Bonchev–Trinajstić information content (AvgIpc) is 2.45. The highest BCUT2D eigenvalue weighted by Crippen LogP contribution is 2.23. The van der Waals surface area contributed by atoms with Crippen molar-refractivity contribution < 1.29 is 18.3 Å². The van der Waals surface area contributed by atoms with Crippen molar-refractivity contribution in [2.24, 2.45) is 0 Å². The Morgan fingerprint density at radius 1 is 1.29 bits per heavy atom. The number of sulfonamides is 1. The largest absolute Gasteiger partial charge is 0.384 e. The van der Waals surface area contributed by atoms with Crippen molar-refractivity contribution in [3.05, 3.63) is 29.8 Å². The first-order valence-electron chi connectivity index (χ1n) is 6.77. The third kappa shape index (κ3) is 4.29. The highest BCUT2D eigenvalue weighted by molar-refractivity contribution is 7.89. The molecule has 2 rings (SSSR count). The molecule has 6 heteroatoms. The molecule has 0 spiro atoms. The van der Waals surface area contributed by atoms with E-state index in [4.69, 9.17) is 9.84 Å². The number of ether oxygens (including phenoxy) is 1. The number of rotatable bonds is 3. The van der Waals surface area contributed by atoms with Gasteiger partial charge >= 0.3 is 0 Å². The Labute approximate surface area is 125 Å². The van der Waals surface area contributed by atoms with Crippen molar-refractivity contribution in [2.75, 3.05) is 19.8 Å². The van der Waals surface area contributed by atoms with E-state index in [9.17, 15) is 8.42 Å². The quantitative estimate of drug-likeness (QED) is 0.813. The van der Waals surface area contributed by atoms with Crippen LogP contribution in [0.4, 0.5) is 0 Å². The van der Waals surface area contributed by atoms with Crippen LogP contribution in [0.3, 0.4) is 0 Å². The lowest BCUT2D eigenvalue weighted by molar-refractivity contribution is 0.0537. The molecule has 21 heavy (non-hydrogen) atoms. The fourth-order valence-corrected chi connectivity index (χ4v) is 3.63. The summed E-state index contributed by atoms with van der Waals surface area (Å²) in [5.74, 6) is 5.25. The maximum absolute atomic E-state index is 12.4. The predicted octanol–water partition coefficient (Wildman–Crippen LogP) is 0.878. The molecular formula is C15H19NO4S. The van der Waals surface area contributed by atoms with Gasteiger partial charge in [-0.05, 0) is 44.0 Å². The molecule has 1 fully saturated rings. The first-order valence-corrected chi connectivity index (χ1v) is 8.25. The summed E-state index contributed by atoms with van der Waals surface area (Å²) in [5.41, 5.74) is 0.201. The first kappa shape index (κ1) is 16.0. The van der Waals surface area contributed by atoms with Crippen molar-refractivity contribution >= 4 is 10.0 Å². The van der Waals surface area contributed by atoms with Crippen LogP contribution < -0.4 is 4.72 Å². The zero-order chi connectivity index (χ0) is 15.3. The Hall–Kier alpha value is -1.39. The van der Waals surface area contributed by atoms with Crippen LogP contribution in [0.25, 0.3) is 0 Å². The van der Waals surface area contributed by atoms with Gasteiger partial charge < -0.3 is 9.84 Å². The van der Waals surface area contributed by atoms with E-state index in [1.807, 2.05) is 6.92 Å². The van der Waals surface area contributed by atoms with E-state index in [-0.39, 0.29) is 11.5 Å². The van der Waals surface area contributed by atoms with Gasteiger partial charge in [-0.15, -0.1) is 0 Å². The van der Waals surface area contributed by atoms with E-state index in [0.717, 1.165) is 0 Å². The molecule has 1 aliphatic heterocycles. The molecule has 0 aliphatic carbocycles. The maximum atomic E-state index is 12.4. The van der Waals surface area contributed by atoms with Gasteiger partial charge in [0.25, 0.3) is 0 Å². The predicted molar refractivity (Wildman–Crippen MR) is 79.2 cm³/mol. The van der Waals surface area contributed by atoms with E-state index in [1.54, 1.807) is 12.1 Å². The molecule has 1 aliphatic rings. The summed E-state index contributed by atoms with van der Waals surface area (Å²) in [6.07, 6.45) is 1.32. The van der Waals surface area contributed by atoms with Crippen LogP contribution >= 0.6 is 0 Å². The maximum Gasteiger partial charge on any atom is 0.241 e. The summed E-state index contributed by atoms with van der Waals surface area (Å²) in [5, 5.41) is 8.63. The van der Waals surface area contributed by atoms with E-state index in [2.05, 4.69) is 16.6 Å². The molecule has 1 heterocycles. The fraction of sp³-hybridized carbons (Fsp3) is 0.467. The van der Waals surface area contributed by atoms with Gasteiger partial charge in [0.2, 0.25) is 10.0 Å². The number of hydrogen-bond acceptors (Lipinski definition) is 4. The minimum absolute atomic E-state index is 0.213. The standard InChI is InChI=1S/C15H19NO4S/c1-15(8-11-20-12-9-15)16-21(18,19)14-6-4-13(5-7-14)3-2-10-17/h4-7,16-17H,8-12H2,1H3. The minimum atomic E-state index is -3.56. The molecule has 0 atom stereocenters. The van der Waals surface area contributed by atoms with Gasteiger partial charge in [-0.2, -0.15) is 0 Å². The number of aliphatic hydroxyl groups excluding tert-OH is 1. The van der Waals surface area contributed by atoms with Crippen LogP contribution in [0.1, 0.15) is 25.3 Å². The molecule has 0 bridgehead atoms. The van der Waals surface area contributed by atoms with Crippen LogP contribution in [-0.2, 0) is 14.8 Å². The summed E-state index contributed by atoms with van der Waals surface area (Å²) < 4.78 is 32.8. The highest BCUT2D eigenvalue weighted by atomic mass is 32.2. The molecule has 1 saturated heterocycles. The summed E-state index contributed by atoms with van der Waals surface area (Å²) in [7, 11) is -3.56. The Bertz CT molecular complexity index is 634. The summed E-state index contributed by atoms with van der Waals surface area (Å²) in [4.78, 5) is 0.213. The number of nitrogens with one attached hydrogen (secondary N) is 1. The van der Waals surface area contributed by atoms with Gasteiger partial charge in [0.15, 0.2) is 0 Å². The van der Waals surface area contributed by atoms with Gasteiger partial charge in [-0.1, -0.05) is 11.8 Å². The Kier molecular flexibility index (Phi) is 5.01. The van der Waals surface area contributed by atoms with E-state index < -0.39 is 15.6 Å². The zero-order valence-corrected chi connectivity index (χ0v) is 12.7. The number of hydrogen-bond donors (Lipinski definition) is 2. The molecule has 2 N–H and O–H groups in total. The molecular weight excluding hydrogens is 290 g/mol. The van der Waals surface area contributed by atoms with Gasteiger partial charge in [0, 0.05) is 24.3 Å². The molecule has 0 aromatic heterocycles. The van der Waals surface area contributed by atoms with Crippen molar-refractivity contribution in [1.29, 1.82) is 0 Å². The smallest absolute Gasteiger partial charge is 0.241 e. The molecule has 1 aromatic carbocycles. The van der Waals surface area contributed by atoms with Crippen molar-refractivity contribution in [1.82, 2.24) is 4.72 Å². The summed E-state index contributed by atoms with van der Waals surface area (Å²) in [6.45, 7) is 2.81. The SMILES string of the molecule is CC1(NS(=O)(=O)c2ccc(C#CCO)cc2)CCOCC1. The highest BCUT2D eigenvalue weighted by Gasteiger charge is 2.32. The second-order valence-electron chi connectivity index (χ2n) is 5.26. The van der Waals surface area contributed by atoms with E-state index in [1.165, 1.54) is 12.1 Å². The normalized spacial score (nSPS) is 17.8.